The van der Waals surface area contributed by atoms with Crippen molar-refractivity contribution in [2.45, 2.75) is 25.7 Å². The number of aromatic nitrogens is 2. The van der Waals surface area contributed by atoms with E-state index in [-0.39, 0.29) is 30.4 Å². The number of hydrogen-bond donors (Lipinski definition) is 1. The fourth-order valence-corrected chi connectivity index (χ4v) is 1.84. The molecule has 0 aromatic carbocycles. The van der Waals surface area contributed by atoms with Crippen molar-refractivity contribution in [2.75, 3.05) is 20.3 Å². The molecule has 104 valence electrons. The SMILES string of the molecule is CCNC(c1c(Cl)cnn1CCOC)C(F)(F)F. The molecule has 0 aliphatic heterocycles. The Morgan fingerprint density at radius 1 is 1.56 bits per heavy atom. The lowest BCUT2D eigenvalue weighted by molar-refractivity contribution is -0.159. The molecule has 0 spiro atoms. The van der Waals surface area contributed by atoms with Crippen molar-refractivity contribution in [3.05, 3.63) is 16.9 Å². The van der Waals surface area contributed by atoms with Gasteiger partial charge in [-0.15, -0.1) is 0 Å². The molecule has 1 heterocycles. The van der Waals surface area contributed by atoms with Gasteiger partial charge in [0.1, 0.15) is 6.04 Å². The largest absolute Gasteiger partial charge is 0.409 e. The lowest BCUT2D eigenvalue weighted by Gasteiger charge is -2.22. The topological polar surface area (TPSA) is 39.1 Å². The van der Waals surface area contributed by atoms with E-state index in [0.717, 1.165) is 0 Å². The van der Waals surface area contributed by atoms with E-state index in [1.54, 1.807) is 6.92 Å². The van der Waals surface area contributed by atoms with Gasteiger partial charge in [-0.25, -0.2) is 0 Å². The van der Waals surface area contributed by atoms with Crippen molar-refractivity contribution < 1.29 is 17.9 Å². The molecule has 1 aromatic heterocycles. The molecule has 1 aromatic rings. The van der Waals surface area contributed by atoms with Crippen LogP contribution in [0.15, 0.2) is 6.20 Å². The third kappa shape index (κ3) is 3.60. The van der Waals surface area contributed by atoms with Crippen LogP contribution in [0.3, 0.4) is 0 Å². The Morgan fingerprint density at radius 2 is 2.22 bits per heavy atom. The van der Waals surface area contributed by atoms with Crippen molar-refractivity contribution in [2.24, 2.45) is 0 Å². The Morgan fingerprint density at radius 3 is 2.72 bits per heavy atom. The number of nitrogens with zero attached hydrogens (tertiary/aromatic N) is 2. The number of hydrogen-bond acceptors (Lipinski definition) is 3. The first-order valence-electron chi connectivity index (χ1n) is 5.42. The minimum Gasteiger partial charge on any atom is -0.383 e. The van der Waals surface area contributed by atoms with Gasteiger partial charge in [0, 0.05) is 7.11 Å². The summed E-state index contributed by atoms with van der Waals surface area (Å²) in [5.41, 5.74) is -0.0805. The second-order valence-electron chi connectivity index (χ2n) is 3.63. The number of alkyl halides is 3. The molecule has 0 bridgehead atoms. The van der Waals surface area contributed by atoms with Crippen LogP contribution in [-0.4, -0.2) is 36.2 Å². The molecule has 0 saturated carbocycles. The molecule has 8 heteroatoms. The summed E-state index contributed by atoms with van der Waals surface area (Å²) in [6.07, 6.45) is -3.22. The average Bonchev–Trinajstić information content (AvgIpc) is 2.63. The van der Waals surface area contributed by atoms with Crippen LogP contribution >= 0.6 is 11.6 Å². The highest BCUT2D eigenvalue weighted by atomic mass is 35.5. The highest BCUT2D eigenvalue weighted by Crippen LogP contribution is 2.35. The second-order valence-corrected chi connectivity index (χ2v) is 4.03. The van der Waals surface area contributed by atoms with Crippen molar-refractivity contribution in [3.8, 4) is 0 Å². The van der Waals surface area contributed by atoms with Gasteiger partial charge in [0.05, 0.1) is 30.1 Å². The second kappa shape index (κ2) is 6.40. The Labute approximate surface area is 108 Å². The zero-order valence-electron chi connectivity index (χ0n) is 10.1. The predicted molar refractivity (Wildman–Crippen MR) is 61.6 cm³/mol. The van der Waals surface area contributed by atoms with E-state index < -0.39 is 12.2 Å². The van der Waals surface area contributed by atoms with E-state index >= 15 is 0 Å². The minimum atomic E-state index is -4.43. The summed E-state index contributed by atoms with van der Waals surface area (Å²) >= 11 is 5.80. The summed E-state index contributed by atoms with van der Waals surface area (Å²) in [5, 5.41) is 6.20. The van der Waals surface area contributed by atoms with Gasteiger partial charge < -0.3 is 10.1 Å². The van der Waals surface area contributed by atoms with Crippen molar-refractivity contribution in [1.29, 1.82) is 0 Å². The van der Waals surface area contributed by atoms with E-state index in [4.69, 9.17) is 16.3 Å². The maximum Gasteiger partial charge on any atom is 0.409 e. The summed E-state index contributed by atoms with van der Waals surface area (Å²) in [7, 11) is 1.47. The molecule has 0 amide bonds. The standard InChI is InChI=1S/C10H15ClF3N3O/c1-3-15-9(10(12,13)14)8-7(11)6-16-17(8)4-5-18-2/h6,9,15H,3-5H2,1-2H3. The van der Waals surface area contributed by atoms with Crippen molar-refractivity contribution >= 4 is 11.6 Å². The molecule has 1 atom stereocenters. The van der Waals surface area contributed by atoms with Gasteiger partial charge in [0.2, 0.25) is 0 Å². The van der Waals surface area contributed by atoms with Crippen LogP contribution in [-0.2, 0) is 11.3 Å². The van der Waals surface area contributed by atoms with Crippen LogP contribution in [0.5, 0.6) is 0 Å². The molecular formula is C10H15ClF3N3O. The molecule has 1 rings (SSSR count). The monoisotopic (exact) mass is 285 g/mol. The van der Waals surface area contributed by atoms with Gasteiger partial charge in [-0.3, -0.25) is 4.68 Å². The van der Waals surface area contributed by atoms with Gasteiger partial charge >= 0.3 is 6.18 Å². The summed E-state index contributed by atoms with van der Waals surface area (Å²) in [4.78, 5) is 0. The van der Waals surface area contributed by atoms with Crippen molar-refractivity contribution in [3.63, 3.8) is 0 Å². The molecule has 1 N–H and O–H groups in total. The van der Waals surface area contributed by atoms with Gasteiger partial charge in [0.25, 0.3) is 0 Å². The highest BCUT2D eigenvalue weighted by molar-refractivity contribution is 6.31. The molecule has 4 nitrogen and oxygen atoms in total. The number of methoxy groups -OCH3 is 1. The summed E-state index contributed by atoms with van der Waals surface area (Å²) in [6.45, 7) is 2.26. The smallest absolute Gasteiger partial charge is 0.383 e. The fourth-order valence-electron chi connectivity index (χ4n) is 1.59. The molecule has 0 radical (unpaired) electrons. The van der Waals surface area contributed by atoms with Crippen LogP contribution < -0.4 is 5.32 Å². The normalized spacial score (nSPS) is 13.9. The molecular weight excluding hydrogens is 271 g/mol. The van der Waals surface area contributed by atoms with Gasteiger partial charge in [-0.2, -0.15) is 18.3 Å². The van der Waals surface area contributed by atoms with E-state index in [9.17, 15) is 13.2 Å². The van der Waals surface area contributed by atoms with Crippen LogP contribution in [0.4, 0.5) is 13.2 Å². The maximum absolute atomic E-state index is 13.0. The minimum absolute atomic E-state index is 0.00521. The maximum atomic E-state index is 13.0. The number of rotatable bonds is 6. The van der Waals surface area contributed by atoms with Gasteiger partial charge in [0.15, 0.2) is 0 Å². The Balaban J connectivity index is 3.06. The lowest BCUT2D eigenvalue weighted by atomic mass is 10.2. The van der Waals surface area contributed by atoms with Gasteiger partial charge in [-0.05, 0) is 6.54 Å². The molecule has 0 aliphatic rings. The fraction of sp³-hybridized carbons (Fsp3) is 0.700. The molecule has 0 fully saturated rings. The quantitative estimate of drug-likeness (QED) is 0.872. The zero-order valence-corrected chi connectivity index (χ0v) is 10.8. The molecule has 1 unspecified atom stereocenters. The Bertz CT molecular complexity index is 381. The van der Waals surface area contributed by atoms with Crippen LogP contribution in [0.25, 0.3) is 0 Å². The first-order chi connectivity index (χ1) is 8.41. The third-order valence-corrected chi connectivity index (χ3v) is 2.64. The van der Waals surface area contributed by atoms with Crippen molar-refractivity contribution in [1.82, 2.24) is 15.1 Å². The van der Waals surface area contributed by atoms with Crippen LogP contribution in [0, 0.1) is 0 Å². The molecule has 18 heavy (non-hydrogen) atoms. The summed E-state index contributed by atoms with van der Waals surface area (Å²) in [6, 6.07) is -1.82. The molecule has 0 aliphatic carbocycles. The Hall–Kier alpha value is -0.790. The first kappa shape index (κ1) is 15.3. The van der Waals surface area contributed by atoms with E-state index in [0.29, 0.717) is 0 Å². The number of halogens is 4. The number of nitrogens with one attached hydrogen (secondary N) is 1. The highest BCUT2D eigenvalue weighted by Gasteiger charge is 2.43. The van der Waals surface area contributed by atoms with Gasteiger partial charge in [-0.1, -0.05) is 18.5 Å². The number of ether oxygens (including phenoxy) is 1. The average molecular weight is 286 g/mol. The van der Waals surface area contributed by atoms with Crippen LogP contribution in [0.2, 0.25) is 5.02 Å². The Kier molecular flexibility index (Phi) is 5.43. The third-order valence-electron chi connectivity index (χ3n) is 2.35. The van der Waals surface area contributed by atoms with E-state index in [2.05, 4.69) is 10.4 Å². The predicted octanol–water partition coefficient (Wildman–Crippen LogP) is 2.40. The van der Waals surface area contributed by atoms with Crippen LogP contribution in [0.1, 0.15) is 18.7 Å². The van der Waals surface area contributed by atoms with E-state index in [1.807, 2.05) is 0 Å². The van der Waals surface area contributed by atoms with E-state index in [1.165, 1.54) is 18.0 Å². The first-order valence-corrected chi connectivity index (χ1v) is 5.79. The zero-order chi connectivity index (χ0) is 13.8. The lowest BCUT2D eigenvalue weighted by Crippen LogP contribution is -2.36. The summed E-state index contributed by atoms with van der Waals surface area (Å²) < 4.78 is 44.9. The summed E-state index contributed by atoms with van der Waals surface area (Å²) in [5.74, 6) is 0. The molecule has 0 saturated heterocycles.